The number of fused-ring (bicyclic) bond motifs is 9. The molecule has 0 spiro atoms. The van der Waals surface area contributed by atoms with Gasteiger partial charge in [-0.3, -0.25) is 0 Å². The Morgan fingerprint density at radius 3 is 1.56 bits per heavy atom. The van der Waals surface area contributed by atoms with Crippen LogP contribution in [0, 0.1) is 0 Å². The number of rotatable bonds is 3. The molecule has 0 N–H and O–H groups in total. The van der Waals surface area contributed by atoms with Crippen molar-refractivity contribution in [2.24, 2.45) is 0 Å². The van der Waals surface area contributed by atoms with Gasteiger partial charge in [-0.15, -0.1) is 0 Å². The first kappa shape index (κ1) is 27.3. The van der Waals surface area contributed by atoms with Gasteiger partial charge in [0.15, 0.2) is 0 Å². The van der Waals surface area contributed by atoms with Crippen molar-refractivity contribution in [3.05, 3.63) is 170 Å². The molecule has 0 amide bonds. The van der Waals surface area contributed by atoms with Crippen molar-refractivity contribution in [1.82, 2.24) is 0 Å². The van der Waals surface area contributed by atoms with Crippen LogP contribution in [0.5, 0.6) is 0 Å². The van der Waals surface area contributed by atoms with Gasteiger partial charge >= 0.3 is 0 Å². The average molecular weight is 637 g/mol. The number of benzene rings is 9. The maximum absolute atomic E-state index is 6.52. The lowest BCUT2D eigenvalue weighted by molar-refractivity contribution is 0.669. The zero-order valence-corrected chi connectivity index (χ0v) is 27.0. The largest absolute Gasteiger partial charge is 0.456 e. The second-order valence-electron chi connectivity index (χ2n) is 13.2. The van der Waals surface area contributed by atoms with Crippen LogP contribution in [0.2, 0.25) is 0 Å². The molecule has 0 saturated carbocycles. The number of para-hydroxylation sites is 1. The van der Waals surface area contributed by atoms with Crippen molar-refractivity contribution in [2.45, 2.75) is 0 Å². The molecule has 2 aromatic heterocycles. The third-order valence-corrected chi connectivity index (χ3v) is 10.4. The molecule has 232 valence electrons. The van der Waals surface area contributed by atoms with Gasteiger partial charge in [0.2, 0.25) is 0 Å². The average Bonchev–Trinajstić information content (AvgIpc) is 3.73. The summed E-state index contributed by atoms with van der Waals surface area (Å²) in [6.07, 6.45) is 0. The highest BCUT2D eigenvalue weighted by atomic mass is 16.3. The standard InChI is InChI=1S/C48H28O2/c1-2-11-32-28-45-41(27-31(32)10-1)48-39(17-9-19-44(48)50-45)47-37-15-5-3-13-35(37)46(36-14-4-6-16-38(36)47)30-22-20-29(21-23-30)33-24-25-43-40(26-33)34-12-7-8-18-42(34)49-43/h1-28H. The van der Waals surface area contributed by atoms with Crippen LogP contribution in [0.15, 0.2) is 179 Å². The summed E-state index contributed by atoms with van der Waals surface area (Å²) in [6.45, 7) is 0. The lowest BCUT2D eigenvalue weighted by atomic mass is 9.84. The maximum atomic E-state index is 6.52. The molecule has 2 heteroatoms. The third kappa shape index (κ3) is 3.96. The van der Waals surface area contributed by atoms with Crippen LogP contribution in [-0.2, 0) is 0 Å². The normalized spacial score (nSPS) is 12.0. The van der Waals surface area contributed by atoms with Gasteiger partial charge in [-0.1, -0.05) is 133 Å². The fourth-order valence-corrected chi connectivity index (χ4v) is 8.18. The molecule has 0 aliphatic rings. The summed E-state index contributed by atoms with van der Waals surface area (Å²) in [5, 5.41) is 11.9. The van der Waals surface area contributed by atoms with Crippen LogP contribution in [0.4, 0.5) is 0 Å². The van der Waals surface area contributed by atoms with Crippen LogP contribution >= 0.6 is 0 Å². The summed E-state index contributed by atoms with van der Waals surface area (Å²) in [5.74, 6) is 0. The van der Waals surface area contributed by atoms with Gasteiger partial charge in [-0.2, -0.15) is 0 Å². The van der Waals surface area contributed by atoms with Gasteiger partial charge < -0.3 is 8.83 Å². The van der Waals surface area contributed by atoms with E-state index in [-0.39, 0.29) is 0 Å². The molecular formula is C48H28O2. The van der Waals surface area contributed by atoms with Gasteiger partial charge in [0.1, 0.15) is 22.3 Å². The summed E-state index contributed by atoms with van der Waals surface area (Å²) in [7, 11) is 0. The first-order valence-electron chi connectivity index (χ1n) is 17.1. The van der Waals surface area contributed by atoms with Crippen molar-refractivity contribution < 1.29 is 8.83 Å². The van der Waals surface area contributed by atoms with Gasteiger partial charge in [0.25, 0.3) is 0 Å². The highest BCUT2D eigenvalue weighted by Crippen LogP contribution is 2.47. The van der Waals surface area contributed by atoms with Crippen molar-refractivity contribution >= 4 is 76.2 Å². The minimum Gasteiger partial charge on any atom is -0.456 e. The minimum absolute atomic E-state index is 0.905. The number of furan rings is 2. The van der Waals surface area contributed by atoms with Gasteiger partial charge in [-0.25, -0.2) is 0 Å². The van der Waals surface area contributed by atoms with E-state index in [9.17, 15) is 0 Å². The number of hydrogen-bond donors (Lipinski definition) is 0. The summed E-state index contributed by atoms with van der Waals surface area (Å²) < 4.78 is 12.6. The molecule has 0 bridgehead atoms. The van der Waals surface area contributed by atoms with Crippen molar-refractivity contribution in [3.63, 3.8) is 0 Å². The van der Waals surface area contributed by atoms with Crippen LogP contribution in [0.3, 0.4) is 0 Å². The Morgan fingerprint density at radius 2 is 0.820 bits per heavy atom. The Balaban J connectivity index is 1.12. The van der Waals surface area contributed by atoms with E-state index in [0.717, 1.165) is 43.9 Å². The summed E-state index contributed by atoms with van der Waals surface area (Å²) in [5.41, 5.74) is 10.9. The van der Waals surface area contributed by atoms with Gasteiger partial charge in [0, 0.05) is 21.5 Å². The second-order valence-corrected chi connectivity index (χ2v) is 13.2. The second kappa shape index (κ2) is 10.4. The Morgan fingerprint density at radius 1 is 0.280 bits per heavy atom. The molecule has 0 unspecified atom stereocenters. The maximum Gasteiger partial charge on any atom is 0.136 e. The van der Waals surface area contributed by atoms with Crippen LogP contribution < -0.4 is 0 Å². The molecule has 0 atom stereocenters. The van der Waals surface area contributed by atoms with E-state index >= 15 is 0 Å². The predicted octanol–water partition coefficient (Wildman–Crippen LogP) is 13.9. The minimum atomic E-state index is 0.905. The Hall–Kier alpha value is -6.64. The highest BCUT2D eigenvalue weighted by Gasteiger charge is 2.20. The van der Waals surface area contributed by atoms with Gasteiger partial charge in [0.05, 0.1) is 0 Å². The molecule has 11 rings (SSSR count). The zero-order chi connectivity index (χ0) is 32.8. The smallest absolute Gasteiger partial charge is 0.136 e. The lowest BCUT2D eigenvalue weighted by Crippen LogP contribution is -1.91. The van der Waals surface area contributed by atoms with E-state index in [4.69, 9.17) is 8.83 Å². The molecule has 0 fully saturated rings. The first-order valence-corrected chi connectivity index (χ1v) is 17.1. The summed E-state index contributed by atoms with van der Waals surface area (Å²) >= 11 is 0. The predicted molar refractivity (Wildman–Crippen MR) is 210 cm³/mol. The van der Waals surface area contributed by atoms with E-state index in [2.05, 4.69) is 158 Å². The van der Waals surface area contributed by atoms with Crippen molar-refractivity contribution in [3.8, 4) is 33.4 Å². The quantitative estimate of drug-likeness (QED) is 0.180. The van der Waals surface area contributed by atoms with E-state index in [1.807, 2.05) is 12.1 Å². The van der Waals surface area contributed by atoms with Gasteiger partial charge in [-0.05, 0) is 102 Å². The summed E-state index contributed by atoms with van der Waals surface area (Å²) in [6, 6.07) is 60.9. The van der Waals surface area contributed by atoms with Crippen LogP contribution in [0.1, 0.15) is 0 Å². The molecule has 0 aliphatic carbocycles. The summed E-state index contributed by atoms with van der Waals surface area (Å²) in [4.78, 5) is 0. The molecule has 0 saturated heterocycles. The van der Waals surface area contributed by atoms with E-state index in [0.29, 0.717) is 0 Å². The lowest BCUT2D eigenvalue weighted by Gasteiger charge is -2.18. The van der Waals surface area contributed by atoms with Crippen LogP contribution in [-0.4, -0.2) is 0 Å². The molecular weight excluding hydrogens is 609 g/mol. The number of hydrogen-bond acceptors (Lipinski definition) is 2. The highest BCUT2D eigenvalue weighted by molar-refractivity contribution is 6.26. The topological polar surface area (TPSA) is 26.3 Å². The molecule has 2 heterocycles. The molecule has 0 radical (unpaired) electrons. The first-order chi connectivity index (χ1) is 24.8. The van der Waals surface area contributed by atoms with E-state index in [1.54, 1.807) is 0 Å². The molecule has 11 aromatic rings. The van der Waals surface area contributed by atoms with E-state index < -0.39 is 0 Å². The molecule has 0 aliphatic heterocycles. The Labute approximate surface area is 287 Å². The fraction of sp³-hybridized carbons (Fsp3) is 0. The fourth-order valence-electron chi connectivity index (χ4n) is 8.18. The zero-order valence-electron chi connectivity index (χ0n) is 27.0. The Bertz CT molecular complexity index is 3080. The monoisotopic (exact) mass is 636 g/mol. The Kier molecular flexibility index (Phi) is 5.70. The van der Waals surface area contributed by atoms with Crippen molar-refractivity contribution in [1.29, 1.82) is 0 Å². The third-order valence-electron chi connectivity index (χ3n) is 10.4. The SMILES string of the molecule is c1ccc2cc3c(cc2c1)oc1cccc(-c2c4ccccc4c(-c4ccc(-c5ccc6oc7ccccc7c6c5)cc4)c4ccccc24)c13. The van der Waals surface area contributed by atoms with E-state index in [1.165, 1.54) is 65.7 Å². The van der Waals surface area contributed by atoms with Crippen LogP contribution in [0.25, 0.3) is 110 Å². The van der Waals surface area contributed by atoms with Crippen molar-refractivity contribution in [2.75, 3.05) is 0 Å². The molecule has 9 aromatic carbocycles. The molecule has 2 nitrogen and oxygen atoms in total. The molecule has 50 heavy (non-hydrogen) atoms.